The van der Waals surface area contributed by atoms with E-state index in [2.05, 4.69) is 35.4 Å². The number of hydrogen-bond acceptors (Lipinski definition) is 3. The van der Waals surface area contributed by atoms with E-state index in [-0.39, 0.29) is 0 Å². The summed E-state index contributed by atoms with van der Waals surface area (Å²) in [5.41, 5.74) is 1.37. The van der Waals surface area contributed by atoms with Gasteiger partial charge in [0.1, 0.15) is 0 Å². The van der Waals surface area contributed by atoms with Crippen molar-refractivity contribution in [1.29, 1.82) is 0 Å². The van der Waals surface area contributed by atoms with E-state index in [1.807, 2.05) is 17.9 Å². The Morgan fingerprint density at radius 3 is 2.86 bits per heavy atom. The molecule has 2 heterocycles. The molecule has 4 heteroatoms. The summed E-state index contributed by atoms with van der Waals surface area (Å²) in [6.07, 6.45) is 9.43. The Balaban J connectivity index is 1.60. The van der Waals surface area contributed by atoms with E-state index in [0.717, 1.165) is 24.3 Å². The zero-order valence-corrected chi connectivity index (χ0v) is 13.8. The lowest BCUT2D eigenvalue weighted by Crippen LogP contribution is -2.59. The number of aromatic nitrogens is 2. The highest BCUT2D eigenvalue weighted by molar-refractivity contribution is 5.05. The molecule has 1 aliphatic carbocycles. The number of nitrogens with zero attached hydrogens (tertiary/aromatic N) is 3. The molecule has 21 heavy (non-hydrogen) atoms. The number of piperazine rings is 1. The van der Waals surface area contributed by atoms with Crippen LogP contribution in [0.15, 0.2) is 12.4 Å². The van der Waals surface area contributed by atoms with Gasteiger partial charge in [-0.25, -0.2) is 0 Å². The smallest absolute Gasteiger partial charge is 0.0522 e. The first-order chi connectivity index (χ1) is 10.2. The Bertz CT molecular complexity index is 451. The molecule has 4 nitrogen and oxygen atoms in total. The molecule has 0 aromatic carbocycles. The zero-order valence-electron chi connectivity index (χ0n) is 13.8. The van der Waals surface area contributed by atoms with Gasteiger partial charge in [0.15, 0.2) is 0 Å². The van der Waals surface area contributed by atoms with Crippen molar-refractivity contribution < 1.29 is 0 Å². The van der Waals surface area contributed by atoms with Gasteiger partial charge in [0, 0.05) is 45.0 Å². The quantitative estimate of drug-likeness (QED) is 0.870. The van der Waals surface area contributed by atoms with Crippen LogP contribution in [0.1, 0.15) is 38.7 Å². The van der Waals surface area contributed by atoms with E-state index in [1.54, 1.807) is 0 Å². The minimum atomic E-state index is 0.666. The van der Waals surface area contributed by atoms with Crippen LogP contribution in [0.3, 0.4) is 0 Å². The maximum Gasteiger partial charge on any atom is 0.0522 e. The number of aryl methyl sites for hydroxylation is 1. The van der Waals surface area contributed by atoms with Crippen LogP contribution in [0.2, 0.25) is 0 Å². The van der Waals surface area contributed by atoms with Crippen LogP contribution in [-0.4, -0.2) is 46.4 Å². The first kappa shape index (κ1) is 15.0. The highest BCUT2D eigenvalue weighted by Gasteiger charge is 2.39. The lowest BCUT2D eigenvalue weighted by molar-refractivity contribution is 0.0972. The van der Waals surface area contributed by atoms with E-state index in [4.69, 9.17) is 0 Å². The van der Waals surface area contributed by atoms with Gasteiger partial charge in [-0.15, -0.1) is 0 Å². The van der Waals surface area contributed by atoms with E-state index >= 15 is 0 Å². The first-order valence-electron chi connectivity index (χ1n) is 8.62. The van der Waals surface area contributed by atoms with Crippen LogP contribution >= 0.6 is 0 Å². The third kappa shape index (κ3) is 3.67. The van der Waals surface area contributed by atoms with Crippen molar-refractivity contribution in [3.05, 3.63) is 18.0 Å². The number of hydrogen-bond donors (Lipinski definition) is 1. The second kappa shape index (κ2) is 6.49. The van der Waals surface area contributed by atoms with Crippen molar-refractivity contribution in [2.75, 3.05) is 19.6 Å². The predicted molar refractivity (Wildman–Crippen MR) is 86.2 cm³/mol. The van der Waals surface area contributed by atoms with Gasteiger partial charge < -0.3 is 5.32 Å². The molecule has 0 spiro atoms. The molecule has 118 valence electrons. The second-order valence-electron chi connectivity index (χ2n) is 7.07. The van der Waals surface area contributed by atoms with Gasteiger partial charge in [-0.05, 0) is 36.7 Å². The molecule has 2 aliphatic rings. The van der Waals surface area contributed by atoms with Crippen molar-refractivity contribution in [3.63, 3.8) is 0 Å². The molecular weight excluding hydrogens is 260 g/mol. The minimum absolute atomic E-state index is 0.666. The van der Waals surface area contributed by atoms with Crippen LogP contribution in [0, 0.1) is 11.8 Å². The maximum atomic E-state index is 4.29. The van der Waals surface area contributed by atoms with E-state index < -0.39 is 0 Å². The largest absolute Gasteiger partial charge is 0.311 e. The zero-order chi connectivity index (χ0) is 14.8. The molecule has 3 rings (SSSR count). The van der Waals surface area contributed by atoms with E-state index in [9.17, 15) is 0 Å². The van der Waals surface area contributed by atoms with Gasteiger partial charge >= 0.3 is 0 Å². The highest BCUT2D eigenvalue weighted by atomic mass is 15.3. The van der Waals surface area contributed by atoms with Crippen molar-refractivity contribution in [1.82, 2.24) is 20.0 Å². The summed E-state index contributed by atoms with van der Waals surface area (Å²) < 4.78 is 1.91. The molecule has 1 saturated heterocycles. The maximum absolute atomic E-state index is 4.29. The molecule has 1 N–H and O–H groups in total. The van der Waals surface area contributed by atoms with Gasteiger partial charge in [0.05, 0.1) is 6.20 Å². The molecule has 0 radical (unpaired) electrons. The van der Waals surface area contributed by atoms with Gasteiger partial charge in [-0.2, -0.15) is 5.10 Å². The third-order valence-electron chi connectivity index (χ3n) is 5.43. The van der Waals surface area contributed by atoms with E-state index in [0.29, 0.717) is 6.04 Å². The van der Waals surface area contributed by atoms with Crippen LogP contribution in [0.25, 0.3) is 0 Å². The number of rotatable bonds is 6. The Morgan fingerprint density at radius 1 is 1.43 bits per heavy atom. The Kier molecular flexibility index (Phi) is 4.65. The van der Waals surface area contributed by atoms with Crippen molar-refractivity contribution in [3.8, 4) is 0 Å². The Morgan fingerprint density at radius 2 is 2.24 bits per heavy atom. The third-order valence-corrected chi connectivity index (χ3v) is 5.43. The summed E-state index contributed by atoms with van der Waals surface area (Å²) in [6.45, 7) is 8.28. The fraction of sp³-hybridized carbons (Fsp3) is 0.824. The predicted octanol–water partition coefficient (Wildman–Crippen LogP) is 2.06. The van der Waals surface area contributed by atoms with Gasteiger partial charge in [-0.1, -0.05) is 20.3 Å². The van der Waals surface area contributed by atoms with Crippen LogP contribution in [0.4, 0.5) is 0 Å². The van der Waals surface area contributed by atoms with Crippen molar-refractivity contribution >= 4 is 0 Å². The molecule has 1 aliphatic heterocycles. The fourth-order valence-corrected chi connectivity index (χ4v) is 3.60. The summed E-state index contributed by atoms with van der Waals surface area (Å²) in [4.78, 5) is 2.76. The highest BCUT2D eigenvalue weighted by Crippen LogP contribution is 2.36. The Labute approximate surface area is 128 Å². The van der Waals surface area contributed by atoms with Crippen LogP contribution in [-0.2, 0) is 13.5 Å². The fourth-order valence-electron chi connectivity index (χ4n) is 3.60. The van der Waals surface area contributed by atoms with Gasteiger partial charge in [0.2, 0.25) is 0 Å². The molecule has 1 saturated carbocycles. The van der Waals surface area contributed by atoms with Crippen molar-refractivity contribution in [2.24, 2.45) is 18.9 Å². The molecule has 3 unspecified atom stereocenters. The summed E-state index contributed by atoms with van der Waals surface area (Å²) in [5.74, 6) is 1.72. The van der Waals surface area contributed by atoms with E-state index in [1.165, 1.54) is 44.5 Å². The normalized spacial score (nSPS) is 28.7. The summed E-state index contributed by atoms with van der Waals surface area (Å²) >= 11 is 0. The molecule has 0 amide bonds. The number of nitrogens with one attached hydrogen (secondary N) is 1. The summed E-state index contributed by atoms with van der Waals surface area (Å²) in [5, 5.41) is 8.10. The first-order valence-corrected chi connectivity index (χ1v) is 8.62. The van der Waals surface area contributed by atoms with Crippen LogP contribution < -0.4 is 5.32 Å². The van der Waals surface area contributed by atoms with Crippen molar-refractivity contribution in [2.45, 2.75) is 51.6 Å². The van der Waals surface area contributed by atoms with Gasteiger partial charge in [0.25, 0.3) is 0 Å². The SMILES string of the molecule is CCC(C)C1CN(CCc2cnn(C)c2)C(C2CC2)CN1. The molecule has 1 aromatic heterocycles. The monoisotopic (exact) mass is 290 g/mol. The standard InChI is InChI=1S/C17H30N4/c1-4-13(2)16-12-21(17(10-18-16)15-5-6-15)8-7-14-9-19-20(3)11-14/h9,11,13,15-18H,4-8,10,12H2,1-3H3. The lowest BCUT2D eigenvalue weighted by Gasteiger charge is -2.42. The lowest BCUT2D eigenvalue weighted by atomic mass is 9.94. The van der Waals surface area contributed by atoms with Gasteiger partial charge in [-0.3, -0.25) is 9.58 Å². The minimum Gasteiger partial charge on any atom is -0.311 e. The average Bonchev–Trinajstić information content (AvgIpc) is 3.26. The second-order valence-corrected chi connectivity index (χ2v) is 7.07. The molecular formula is C17H30N4. The molecule has 1 aromatic rings. The molecule has 0 bridgehead atoms. The molecule has 2 fully saturated rings. The molecule has 3 atom stereocenters. The Hall–Kier alpha value is -0.870. The summed E-state index contributed by atoms with van der Waals surface area (Å²) in [6, 6.07) is 1.43. The van der Waals surface area contributed by atoms with Crippen LogP contribution in [0.5, 0.6) is 0 Å². The summed E-state index contributed by atoms with van der Waals surface area (Å²) in [7, 11) is 2.00. The topological polar surface area (TPSA) is 33.1 Å². The average molecular weight is 290 g/mol.